The van der Waals surface area contributed by atoms with E-state index >= 15 is 0 Å². The Kier molecular flexibility index (Phi) is 174. The molecule has 0 saturated carbocycles. The molecule has 0 aromatic carbocycles. The van der Waals surface area contributed by atoms with Crippen molar-refractivity contribution in [3.8, 4) is 0 Å². The molecule has 32 valence electrons. The van der Waals surface area contributed by atoms with Crippen LogP contribution >= 0.6 is 0 Å². The number of hydrogen-bond acceptors (Lipinski definition) is 0. The molecule has 0 atom stereocenters. The van der Waals surface area contributed by atoms with Crippen LogP contribution in [-0.2, 0) is 64.2 Å². The smallest absolute Gasteiger partial charge is 0 e. The summed E-state index contributed by atoms with van der Waals surface area (Å²) in [5.74, 6) is 0. The van der Waals surface area contributed by atoms with Crippen LogP contribution in [0.25, 0.3) is 0 Å². The fourth-order valence-corrected chi connectivity index (χ4v) is 0. The van der Waals surface area contributed by atoms with Gasteiger partial charge in [-0.15, -0.1) is 0 Å². The second kappa shape index (κ2) is 19.4. The fraction of sp³-hybridized carbons (Fsp3) is 1.00. The van der Waals surface area contributed by atoms with Crippen LogP contribution in [-0.4, -0.2) is 0 Å². The molecule has 2 radical (unpaired) electrons. The maximum absolute atomic E-state index is 0. The van der Waals surface area contributed by atoms with Gasteiger partial charge in [-0.1, -0.05) is 7.43 Å². The molecule has 3 heteroatoms. The molecule has 0 N–H and O–H groups in total. The first-order chi connectivity index (χ1) is 0. The topological polar surface area (TPSA) is 0 Å². The largest absolute Gasteiger partial charge is 0.0776 e. The van der Waals surface area contributed by atoms with E-state index in [4.69, 9.17) is 0 Å². The Balaban J connectivity index is 0. The average molecular weight is 386 g/mol. The van der Waals surface area contributed by atoms with Crippen molar-refractivity contribution in [2.24, 2.45) is 0 Å². The summed E-state index contributed by atoms with van der Waals surface area (Å²) in [5.41, 5.74) is 0. The minimum absolute atomic E-state index is 0. The maximum Gasteiger partial charge on any atom is 0 e. The Morgan fingerprint density at radius 1 is 1.00 bits per heavy atom. The second-order valence-corrected chi connectivity index (χ2v) is 0. The summed E-state index contributed by atoms with van der Waals surface area (Å²) >= 11 is 0. The third kappa shape index (κ3) is 8.93. The van der Waals surface area contributed by atoms with Crippen molar-refractivity contribution < 1.29 is 64.2 Å². The van der Waals surface area contributed by atoms with Crippen LogP contribution in [0.3, 0.4) is 0 Å². The van der Waals surface area contributed by atoms with Gasteiger partial charge >= 0.3 is 0 Å². The van der Waals surface area contributed by atoms with Crippen molar-refractivity contribution in [3.63, 3.8) is 0 Å². The van der Waals surface area contributed by atoms with E-state index in [1.807, 2.05) is 0 Å². The predicted molar refractivity (Wildman–Crippen MR) is 6.73 cm³/mol. The third-order valence-electron chi connectivity index (χ3n) is 0. The fourth-order valence-electron chi connectivity index (χ4n) is 0. The molecule has 0 saturated heterocycles. The van der Waals surface area contributed by atoms with Gasteiger partial charge in [0.05, 0.1) is 0 Å². The van der Waals surface area contributed by atoms with Crippen LogP contribution in [0.5, 0.6) is 0 Å². The van der Waals surface area contributed by atoms with Gasteiger partial charge < -0.3 is 0 Å². The molecule has 0 aliphatic carbocycles. The summed E-state index contributed by atoms with van der Waals surface area (Å²) in [7, 11) is 0. The van der Waals surface area contributed by atoms with Gasteiger partial charge in [-0.25, -0.2) is 0 Å². The van der Waals surface area contributed by atoms with Gasteiger partial charge in [0.2, 0.25) is 0 Å². The molecule has 0 spiro atoms. The summed E-state index contributed by atoms with van der Waals surface area (Å²) in [6, 6.07) is 0. The van der Waals surface area contributed by atoms with Gasteiger partial charge in [0.25, 0.3) is 0 Å². The molecule has 0 unspecified atom stereocenters. The Bertz CT molecular complexity index is 8.00. The first-order valence-corrected chi connectivity index (χ1v) is 0. The Morgan fingerprint density at radius 3 is 1.00 bits per heavy atom. The van der Waals surface area contributed by atoms with E-state index in [9.17, 15) is 0 Å². The summed E-state index contributed by atoms with van der Waals surface area (Å²) < 4.78 is 0. The zero-order chi connectivity index (χ0) is 0. The van der Waals surface area contributed by atoms with E-state index in [0.29, 0.717) is 0 Å². The summed E-state index contributed by atoms with van der Waals surface area (Å²) in [6.45, 7) is 0. The van der Waals surface area contributed by atoms with Crippen molar-refractivity contribution in [2.75, 3.05) is 0 Å². The van der Waals surface area contributed by atoms with Gasteiger partial charge in [0.15, 0.2) is 0 Å². The molecule has 0 bridgehead atoms. The molecule has 0 nitrogen and oxygen atoms in total. The molecule has 0 aliphatic heterocycles. The summed E-state index contributed by atoms with van der Waals surface area (Å²) in [5, 5.41) is 0. The van der Waals surface area contributed by atoms with E-state index in [2.05, 4.69) is 0 Å². The molecule has 0 fully saturated rings. The summed E-state index contributed by atoms with van der Waals surface area (Å²) in [4.78, 5) is 0. The van der Waals surface area contributed by atoms with E-state index in [0.717, 1.165) is 0 Å². The van der Waals surface area contributed by atoms with Gasteiger partial charge in [0, 0.05) is 64.2 Å². The normalized spacial score (nSPS) is 0. The van der Waals surface area contributed by atoms with Crippen molar-refractivity contribution in [2.45, 2.75) is 7.43 Å². The van der Waals surface area contributed by atoms with Crippen LogP contribution in [0.1, 0.15) is 7.43 Å². The third-order valence-corrected chi connectivity index (χ3v) is 0. The molecule has 0 amide bonds. The summed E-state index contributed by atoms with van der Waals surface area (Å²) in [6.07, 6.45) is 0. The van der Waals surface area contributed by atoms with Crippen molar-refractivity contribution in [1.82, 2.24) is 0 Å². The van der Waals surface area contributed by atoms with Gasteiger partial charge in [-0.3, -0.25) is 0 Å². The molecule has 0 heterocycles. The SMILES string of the molecule is C.[Ag].[Au].[Zn]. The number of rotatable bonds is 0. The predicted octanol–water partition coefficient (Wildman–Crippen LogP) is 0.629. The zero-order valence-corrected chi connectivity index (χ0v) is 7.93. The Hall–Kier alpha value is 2.10. The quantitative estimate of drug-likeness (QED) is 0.536. The van der Waals surface area contributed by atoms with E-state index in [-0.39, 0.29) is 71.7 Å². The van der Waals surface area contributed by atoms with Crippen molar-refractivity contribution >= 4 is 0 Å². The van der Waals surface area contributed by atoms with Crippen LogP contribution in [0.4, 0.5) is 0 Å². The van der Waals surface area contributed by atoms with Crippen LogP contribution in [0.2, 0.25) is 0 Å². The van der Waals surface area contributed by atoms with E-state index in [1.54, 1.807) is 0 Å². The maximum atomic E-state index is 0. The molecule has 0 rings (SSSR count). The molecule has 4 heavy (non-hydrogen) atoms. The molecule has 0 aromatic rings. The van der Waals surface area contributed by atoms with Crippen LogP contribution in [0, 0.1) is 0 Å². The monoisotopic (exact) mass is 384 g/mol. The first-order valence-electron chi connectivity index (χ1n) is 0. The molecule has 0 aliphatic rings. The van der Waals surface area contributed by atoms with Gasteiger partial charge in [0.1, 0.15) is 0 Å². The Morgan fingerprint density at radius 2 is 1.00 bits per heavy atom. The standard InChI is InChI=1S/CH4.Ag.Au.Zn/h1H4;;;. The molecule has 0 aromatic heterocycles. The van der Waals surface area contributed by atoms with Gasteiger partial charge in [-0.2, -0.15) is 0 Å². The van der Waals surface area contributed by atoms with E-state index in [1.165, 1.54) is 0 Å². The minimum atomic E-state index is 0. The van der Waals surface area contributed by atoms with E-state index < -0.39 is 0 Å². The average Bonchev–Trinajstić information content (AvgIpc) is 0. The first kappa shape index (κ1) is 35.9. The second-order valence-electron chi connectivity index (χ2n) is 0. The zero-order valence-electron chi connectivity index (χ0n) is 1.31. The van der Waals surface area contributed by atoms with Crippen molar-refractivity contribution in [1.29, 1.82) is 0 Å². The van der Waals surface area contributed by atoms with Crippen LogP contribution in [0.15, 0.2) is 0 Å². The molecular formula is CH4AgAuZn. The Labute approximate surface area is 70.9 Å². The van der Waals surface area contributed by atoms with Crippen molar-refractivity contribution in [3.05, 3.63) is 0 Å². The minimum Gasteiger partial charge on any atom is -0.0776 e. The van der Waals surface area contributed by atoms with Gasteiger partial charge in [-0.05, 0) is 0 Å². The molecular weight excluding hydrogens is 382 g/mol. The van der Waals surface area contributed by atoms with Crippen LogP contribution < -0.4 is 0 Å². The number of hydrogen-bond donors (Lipinski definition) is 0.